The van der Waals surface area contributed by atoms with Gasteiger partial charge in [-0.15, -0.1) is 0 Å². The Morgan fingerprint density at radius 2 is 1.66 bits per heavy atom. The topological polar surface area (TPSA) is 119 Å². The van der Waals surface area contributed by atoms with Crippen LogP contribution in [0.4, 0.5) is 5.69 Å². The molecule has 0 fully saturated rings. The van der Waals surface area contributed by atoms with Crippen LogP contribution in [0.1, 0.15) is 15.9 Å². The molecule has 0 saturated heterocycles. The number of nitriles is 1. The SMILES string of the molecule is N#Cc1ccc(C(=O)NNC(=O)CN2c3cccc4cccc(c34)S2(=O)=O)cc1. The normalized spacial score (nSPS) is 13.7. The molecule has 0 aromatic heterocycles. The highest BCUT2D eigenvalue weighted by atomic mass is 32.2. The Balaban J connectivity index is 1.48. The van der Waals surface area contributed by atoms with Crippen LogP contribution < -0.4 is 15.2 Å². The number of nitrogens with zero attached hydrogens (tertiary/aromatic N) is 2. The van der Waals surface area contributed by atoms with E-state index in [0.29, 0.717) is 16.6 Å². The monoisotopic (exact) mass is 406 g/mol. The van der Waals surface area contributed by atoms with Crippen LogP contribution in [0.25, 0.3) is 10.8 Å². The van der Waals surface area contributed by atoms with Gasteiger partial charge in [0.25, 0.3) is 21.8 Å². The minimum absolute atomic E-state index is 0.153. The fourth-order valence-electron chi connectivity index (χ4n) is 3.19. The third kappa shape index (κ3) is 3.15. The molecule has 4 rings (SSSR count). The predicted molar refractivity (Wildman–Crippen MR) is 105 cm³/mol. The molecule has 1 aliphatic rings. The number of hydrazine groups is 1. The fraction of sp³-hybridized carbons (Fsp3) is 0.0500. The van der Waals surface area contributed by atoms with E-state index in [0.717, 1.165) is 9.69 Å². The summed E-state index contributed by atoms with van der Waals surface area (Å²) >= 11 is 0. The number of carbonyl (C=O) groups is 2. The zero-order valence-electron chi connectivity index (χ0n) is 14.9. The largest absolute Gasteiger partial charge is 0.271 e. The molecule has 1 heterocycles. The van der Waals surface area contributed by atoms with Gasteiger partial charge in [0.15, 0.2) is 0 Å². The molecule has 0 spiro atoms. The molecule has 0 saturated carbocycles. The summed E-state index contributed by atoms with van der Waals surface area (Å²) in [5, 5.41) is 10.1. The molecular weight excluding hydrogens is 392 g/mol. The van der Waals surface area contributed by atoms with Crippen LogP contribution in [0.3, 0.4) is 0 Å². The molecule has 0 radical (unpaired) electrons. The second-order valence-corrected chi connectivity index (χ2v) is 8.17. The van der Waals surface area contributed by atoms with Crippen molar-refractivity contribution in [2.45, 2.75) is 4.90 Å². The van der Waals surface area contributed by atoms with E-state index in [9.17, 15) is 18.0 Å². The highest BCUT2D eigenvalue weighted by Crippen LogP contribution is 2.41. The quantitative estimate of drug-likeness (QED) is 0.642. The van der Waals surface area contributed by atoms with E-state index < -0.39 is 28.4 Å². The molecule has 0 atom stereocenters. The lowest BCUT2D eigenvalue weighted by atomic mass is 10.1. The summed E-state index contributed by atoms with van der Waals surface area (Å²) in [6.45, 7) is -0.482. The van der Waals surface area contributed by atoms with Gasteiger partial charge < -0.3 is 0 Å². The second kappa shape index (κ2) is 6.92. The maximum atomic E-state index is 12.9. The molecule has 3 aromatic rings. The summed E-state index contributed by atoms with van der Waals surface area (Å²) in [6.07, 6.45) is 0. The Bertz CT molecular complexity index is 1290. The summed E-state index contributed by atoms with van der Waals surface area (Å²) < 4.78 is 26.7. The average Bonchev–Trinajstić information content (AvgIpc) is 2.95. The standard InChI is InChI=1S/C20H14N4O4S/c21-11-13-7-9-15(10-8-13)20(26)23-22-18(25)12-24-16-5-1-3-14-4-2-6-17(19(14)16)29(24,27)28/h1-10H,12H2,(H,22,25)(H,23,26). The number of rotatable bonds is 3. The van der Waals surface area contributed by atoms with Crippen LogP contribution in [0.15, 0.2) is 65.6 Å². The Kier molecular flexibility index (Phi) is 4.41. The van der Waals surface area contributed by atoms with Crippen LogP contribution in [-0.2, 0) is 14.8 Å². The van der Waals surface area contributed by atoms with E-state index in [1.807, 2.05) is 6.07 Å². The minimum atomic E-state index is -3.86. The first kappa shape index (κ1) is 18.5. The second-order valence-electron chi connectivity index (χ2n) is 6.33. The van der Waals surface area contributed by atoms with Crippen LogP contribution in [-0.4, -0.2) is 26.8 Å². The lowest BCUT2D eigenvalue weighted by Crippen LogP contribution is -2.47. The smallest absolute Gasteiger partial charge is 0.269 e. The van der Waals surface area contributed by atoms with Crippen molar-refractivity contribution >= 4 is 38.3 Å². The molecule has 9 heteroatoms. The Hall–Kier alpha value is -3.90. The first-order chi connectivity index (χ1) is 13.9. The Labute approximate surface area is 166 Å². The summed E-state index contributed by atoms with van der Waals surface area (Å²) in [6, 6.07) is 17.9. The van der Waals surface area contributed by atoms with E-state index in [1.165, 1.54) is 30.3 Å². The molecular formula is C20H14N4O4S. The molecule has 1 aliphatic heterocycles. The Morgan fingerprint density at radius 3 is 2.34 bits per heavy atom. The summed E-state index contributed by atoms with van der Waals surface area (Å²) in [5.74, 6) is -1.28. The van der Waals surface area contributed by atoms with Gasteiger partial charge in [0, 0.05) is 10.9 Å². The third-order valence-corrected chi connectivity index (χ3v) is 6.36. The van der Waals surface area contributed by atoms with Crippen LogP contribution in [0.2, 0.25) is 0 Å². The van der Waals surface area contributed by atoms with E-state index in [4.69, 9.17) is 5.26 Å². The maximum absolute atomic E-state index is 12.9. The summed E-state index contributed by atoms with van der Waals surface area (Å²) in [5.41, 5.74) is 5.53. The predicted octanol–water partition coefficient (Wildman–Crippen LogP) is 1.68. The van der Waals surface area contributed by atoms with Crippen LogP contribution >= 0.6 is 0 Å². The molecule has 2 amide bonds. The van der Waals surface area contributed by atoms with Crippen LogP contribution in [0.5, 0.6) is 0 Å². The maximum Gasteiger partial charge on any atom is 0.269 e. The van der Waals surface area contributed by atoms with Crippen molar-refractivity contribution in [1.82, 2.24) is 10.9 Å². The zero-order chi connectivity index (χ0) is 20.6. The first-order valence-electron chi connectivity index (χ1n) is 8.55. The highest BCUT2D eigenvalue weighted by Gasteiger charge is 2.36. The van der Waals surface area contributed by atoms with Gasteiger partial charge in [-0.1, -0.05) is 24.3 Å². The molecule has 8 nitrogen and oxygen atoms in total. The van der Waals surface area contributed by atoms with Gasteiger partial charge in [0.05, 0.1) is 22.2 Å². The number of nitrogens with one attached hydrogen (secondary N) is 2. The van der Waals surface area contributed by atoms with E-state index in [1.54, 1.807) is 30.3 Å². The van der Waals surface area contributed by atoms with Crippen molar-refractivity contribution in [2.24, 2.45) is 0 Å². The molecule has 29 heavy (non-hydrogen) atoms. The van der Waals surface area contributed by atoms with Crippen molar-refractivity contribution in [3.63, 3.8) is 0 Å². The van der Waals surface area contributed by atoms with Gasteiger partial charge in [0.2, 0.25) is 0 Å². The Morgan fingerprint density at radius 1 is 0.966 bits per heavy atom. The number of anilines is 1. The highest BCUT2D eigenvalue weighted by molar-refractivity contribution is 7.93. The number of sulfonamides is 1. The third-order valence-electron chi connectivity index (χ3n) is 4.56. The lowest BCUT2D eigenvalue weighted by Gasteiger charge is -2.18. The molecule has 2 N–H and O–H groups in total. The van der Waals surface area contributed by atoms with Gasteiger partial charge >= 0.3 is 0 Å². The number of hydrogen-bond donors (Lipinski definition) is 2. The lowest BCUT2D eigenvalue weighted by molar-refractivity contribution is -0.120. The van der Waals surface area contributed by atoms with E-state index >= 15 is 0 Å². The van der Waals surface area contributed by atoms with Gasteiger partial charge in [-0.05, 0) is 41.8 Å². The number of hydrogen-bond acceptors (Lipinski definition) is 5. The molecule has 144 valence electrons. The number of benzene rings is 3. The average molecular weight is 406 g/mol. The van der Waals surface area contributed by atoms with Crippen molar-refractivity contribution in [3.05, 3.63) is 71.8 Å². The minimum Gasteiger partial charge on any atom is -0.271 e. The molecule has 0 unspecified atom stereocenters. The van der Waals surface area contributed by atoms with Gasteiger partial charge in [-0.25, -0.2) is 8.42 Å². The van der Waals surface area contributed by atoms with Gasteiger partial charge in [-0.3, -0.25) is 24.7 Å². The van der Waals surface area contributed by atoms with Crippen LogP contribution in [0, 0.1) is 11.3 Å². The van der Waals surface area contributed by atoms with Crippen molar-refractivity contribution in [3.8, 4) is 6.07 Å². The van der Waals surface area contributed by atoms with E-state index in [2.05, 4.69) is 10.9 Å². The van der Waals surface area contributed by atoms with E-state index in [-0.39, 0.29) is 10.5 Å². The number of carbonyl (C=O) groups excluding carboxylic acids is 2. The van der Waals surface area contributed by atoms with Crippen molar-refractivity contribution in [1.29, 1.82) is 5.26 Å². The van der Waals surface area contributed by atoms with Crippen molar-refractivity contribution in [2.75, 3.05) is 10.8 Å². The molecule has 3 aromatic carbocycles. The van der Waals surface area contributed by atoms with Gasteiger partial charge in [0.1, 0.15) is 6.54 Å². The molecule has 0 aliphatic carbocycles. The summed E-state index contributed by atoms with van der Waals surface area (Å²) in [4.78, 5) is 24.6. The van der Waals surface area contributed by atoms with Crippen molar-refractivity contribution < 1.29 is 18.0 Å². The molecule has 0 bridgehead atoms. The zero-order valence-corrected chi connectivity index (χ0v) is 15.7. The summed E-state index contributed by atoms with van der Waals surface area (Å²) in [7, 11) is -3.86. The number of amides is 2. The first-order valence-corrected chi connectivity index (χ1v) is 9.99. The van der Waals surface area contributed by atoms with Gasteiger partial charge in [-0.2, -0.15) is 5.26 Å². The fourth-order valence-corrected chi connectivity index (χ4v) is 4.86.